The number of ether oxygens (including phenoxy) is 3. The molecule has 1 aromatic heterocycles. The van der Waals surface area contributed by atoms with E-state index in [1.807, 2.05) is 30.3 Å². The smallest absolute Gasteiger partial charge is 0.449 e. The molecular weight excluding hydrogens is 427 g/mol. The number of halogens is 3. The third-order valence-electron chi connectivity index (χ3n) is 5.17. The zero-order chi connectivity index (χ0) is 22.9. The van der Waals surface area contributed by atoms with Crippen LogP contribution in [-0.2, 0) is 17.5 Å². The van der Waals surface area contributed by atoms with Crippen LogP contribution in [0.3, 0.4) is 0 Å². The fourth-order valence-electron chi connectivity index (χ4n) is 3.52. The number of amides is 1. The van der Waals surface area contributed by atoms with Gasteiger partial charge in [-0.25, -0.2) is 0 Å². The molecule has 32 heavy (non-hydrogen) atoms. The first-order chi connectivity index (χ1) is 15.3. The van der Waals surface area contributed by atoms with Crippen LogP contribution in [0.1, 0.15) is 29.9 Å². The molecule has 9 heteroatoms. The molecule has 3 heterocycles. The number of hydrogen-bond donors (Lipinski definition) is 0. The molecule has 0 N–H and O–H groups in total. The van der Waals surface area contributed by atoms with Gasteiger partial charge in [-0.3, -0.25) is 4.79 Å². The number of carbonyl (C=O) groups excluding carboxylic acids is 1. The van der Waals surface area contributed by atoms with Gasteiger partial charge in [0.15, 0.2) is 11.5 Å². The number of alkyl halides is 3. The van der Waals surface area contributed by atoms with Gasteiger partial charge in [0.2, 0.25) is 18.5 Å². The van der Waals surface area contributed by atoms with Crippen LogP contribution in [0.2, 0.25) is 0 Å². The van der Waals surface area contributed by atoms with Crippen LogP contribution < -0.4 is 19.1 Å². The van der Waals surface area contributed by atoms with Gasteiger partial charge in [0.05, 0.1) is 19.6 Å². The van der Waals surface area contributed by atoms with Gasteiger partial charge in [-0.05, 0) is 42.8 Å². The average Bonchev–Trinajstić information content (AvgIpc) is 3.50. The Labute approximate surface area is 182 Å². The summed E-state index contributed by atoms with van der Waals surface area (Å²) in [6.45, 7) is 2.09. The highest BCUT2D eigenvalue weighted by molar-refractivity contribution is 6.04. The van der Waals surface area contributed by atoms with Gasteiger partial charge in [-0.15, -0.1) is 0 Å². The number of hydrogen-bond acceptors (Lipinski definition) is 5. The summed E-state index contributed by atoms with van der Waals surface area (Å²) in [7, 11) is 1.62. The molecule has 0 fully saturated rings. The van der Waals surface area contributed by atoms with Crippen LogP contribution in [0, 0.1) is 0 Å². The van der Waals surface area contributed by atoms with E-state index in [0.717, 1.165) is 34.6 Å². The number of para-hydroxylation sites is 1. The highest BCUT2D eigenvalue weighted by Crippen LogP contribution is 2.38. The van der Waals surface area contributed by atoms with Gasteiger partial charge in [0.25, 0.3) is 0 Å². The summed E-state index contributed by atoms with van der Waals surface area (Å²) in [6.07, 6.45) is -4.52. The Balaban J connectivity index is 0.000000186. The monoisotopic (exact) mass is 447 g/mol. The van der Waals surface area contributed by atoms with Gasteiger partial charge in [-0.1, -0.05) is 18.2 Å². The Morgan fingerprint density at radius 1 is 1.06 bits per heavy atom. The van der Waals surface area contributed by atoms with Gasteiger partial charge < -0.3 is 23.5 Å². The van der Waals surface area contributed by atoms with E-state index in [2.05, 4.69) is 0 Å². The van der Waals surface area contributed by atoms with Crippen molar-refractivity contribution in [1.82, 2.24) is 0 Å². The zero-order valence-corrected chi connectivity index (χ0v) is 17.3. The first kappa shape index (κ1) is 21.6. The number of rotatable bonds is 3. The molecule has 0 saturated carbocycles. The van der Waals surface area contributed by atoms with E-state index in [1.54, 1.807) is 26.2 Å². The van der Waals surface area contributed by atoms with Crippen LogP contribution in [-0.4, -0.2) is 19.8 Å². The second kappa shape index (κ2) is 8.49. The van der Waals surface area contributed by atoms with Crippen molar-refractivity contribution in [3.63, 3.8) is 0 Å². The van der Waals surface area contributed by atoms with Crippen molar-refractivity contribution in [1.29, 1.82) is 0 Å². The van der Waals surface area contributed by atoms with E-state index >= 15 is 0 Å². The molecule has 3 aromatic rings. The van der Waals surface area contributed by atoms with Crippen LogP contribution in [0.4, 0.5) is 18.9 Å². The van der Waals surface area contributed by atoms with Gasteiger partial charge in [-0.2, -0.15) is 13.2 Å². The maximum absolute atomic E-state index is 12.5. The summed E-state index contributed by atoms with van der Waals surface area (Å²) >= 11 is 0. The molecule has 1 amide bonds. The number of nitrogens with zero attached hydrogens (tertiary/aromatic N) is 1. The lowest BCUT2D eigenvalue weighted by Gasteiger charge is -2.16. The molecule has 0 spiro atoms. The Hall–Kier alpha value is -3.62. The van der Waals surface area contributed by atoms with Crippen LogP contribution in [0.15, 0.2) is 59.0 Å². The summed E-state index contributed by atoms with van der Waals surface area (Å²) in [5.74, 6) is 0.953. The number of benzene rings is 2. The molecule has 2 aromatic carbocycles. The minimum absolute atomic E-state index is 0.00370. The standard InChI is InChI=1S/C15H12F3NO2.C8H8O3/c1-9-11-4-2-3-5-12(11)19(14(9)20)8-10-6-7-13(21-10)15(16,17)18;1-9-6-2-3-7-8(4-6)11-5-10-7/h2-7,9H,8H2,1H3;2-4H,5H2,1H3. The molecular formula is C23H20F3NO5. The second-order valence-electron chi connectivity index (χ2n) is 7.19. The zero-order valence-electron chi connectivity index (χ0n) is 17.3. The van der Waals surface area contributed by atoms with E-state index in [-0.39, 0.29) is 24.1 Å². The molecule has 1 atom stereocenters. The maximum Gasteiger partial charge on any atom is 0.449 e. The highest BCUT2D eigenvalue weighted by atomic mass is 19.4. The van der Waals surface area contributed by atoms with E-state index in [1.165, 1.54) is 11.0 Å². The topological polar surface area (TPSA) is 61.1 Å². The van der Waals surface area contributed by atoms with Crippen molar-refractivity contribution in [3.05, 3.63) is 71.7 Å². The van der Waals surface area contributed by atoms with E-state index in [0.29, 0.717) is 6.79 Å². The molecule has 0 saturated heterocycles. The molecule has 168 valence electrons. The van der Waals surface area contributed by atoms with E-state index < -0.39 is 11.9 Å². The molecule has 2 aliphatic heterocycles. The van der Waals surface area contributed by atoms with Crippen molar-refractivity contribution in [2.24, 2.45) is 0 Å². The van der Waals surface area contributed by atoms with Crippen LogP contribution in [0.25, 0.3) is 0 Å². The first-order valence-electron chi connectivity index (χ1n) is 9.78. The highest BCUT2D eigenvalue weighted by Gasteiger charge is 2.37. The van der Waals surface area contributed by atoms with Crippen molar-refractivity contribution in [3.8, 4) is 17.2 Å². The lowest BCUT2D eigenvalue weighted by atomic mass is 10.0. The Morgan fingerprint density at radius 2 is 1.81 bits per heavy atom. The molecule has 5 rings (SSSR count). The largest absolute Gasteiger partial charge is 0.497 e. The first-order valence-corrected chi connectivity index (χ1v) is 9.78. The predicted molar refractivity (Wildman–Crippen MR) is 109 cm³/mol. The number of fused-ring (bicyclic) bond motifs is 2. The Kier molecular flexibility index (Phi) is 5.73. The summed E-state index contributed by atoms with van der Waals surface area (Å²) in [5, 5.41) is 0. The van der Waals surface area contributed by atoms with Gasteiger partial charge >= 0.3 is 6.18 Å². The molecule has 1 unspecified atom stereocenters. The molecule has 0 bridgehead atoms. The number of carbonyl (C=O) groups is 1. The normalized spacial score (nSPS) is 16.5. The van der Waals surface area contributed by atoms with E-state index in [9.17, 15) is 18.0 Å². The van der Waals surface area contributed by atoms with Crippen molar-refractivity contribution >= 4 is 11.6 Å². The average molecular weight is 447 g/mol. The predicted octanol–water partition coefficient (Wildman–Crippen LogP) is 5.37. The molecule has 0 aliphatic carbocycles. The van der Waals surface area contributed by atoms with Crippen molar-refractivity contribution in [2.45, 2.75) is 25.6 Å². The summed E-state index contributed by atoms with van der Waals surface area (Å²) in [6, 6.07) is 14.9. The minimum Gasteiger partial charge on any atom is -0.497 e. The number of furan rings is 1. The van der Waals surface area contributed by atoms with Crippen molar-refractivity contribution < 1.29 is 36.6 Å². The number of methoxy groups -OCH3 is 1. The quantitative estimate of drug-likeness (QED) is 0.540. The van der Waals surface area contributed by atoms with Crippen LogP contribution in [0.5, 0.6) is 17.2 Å². The van der Waals surface area contributed by atoms with Gasteiger partial charge in [0.1, 0.15) is 11.5 Å². The maximum atomic E-state index is 12.5. The number of anilines is 1. The Bertz CT molecular complexity index is 1120. The fourth-order valence-corrected chi connectivity index (χ4v) is 3.52. The second-order valence-corrected chi connectivity index (χ2v) is 7.19. The fraction of sp³-hybridized carbons (Fsp3) is 0.261. The van der Waals surface area contributed by atoms with Crippen LogP contribution >= 0.6 is 0 Å². The summed E-state index contributed by atoms with van der Waals surface area (Å²) in [5.41, 5.74) is 1.60. The summed E-state index contributed by atoms with van der Waals surface area (Å²) in [4.78, 5) is 13.7. The minimum atomic E-state index is -4.52. The lowest BCUT2D eigenvalue weighted by Crippen LogP contribution is -2.27. The van der Waals surface area contributed by atoms with Gasteiger partial charge in [0, 0.05) is 11.8 Å². The SMILES string of the molecule is CC1C(=O)N(Cc2ccc(C(F)(F)F)o2)c2ccccc21.COc1ccc2c(c1)OCO2. The molecule has 2 aliphatic rings. The van der Waals surface area contributed by atoms with E-state index in [4.69, 9.17) is 18.6 Å². The van der Waals surface area contributed by atoms with Crippen molar-refractivity contribution in [2.75, 3.05) is 18.8 Å². The Morgan fingerprint density at radius 3 is 2.53 bits per heavy atom. The third-order valence-corrected chi connectivity index (χ3v) is 5.17. The lowest BCUT2D eigenvalue weighted by molar-refractivity contribution is -0.153. The molecule has 0 radical (unpaired) electrons. The third kappa shape index (κ3) is 4.23. The summed E-state index contributed by atoms with van der Waals surface area (Å²) < 4.78 is 57.6. The molecule has 6 nitrogen and oxygen atoms in total.